The Labute approximate surface area is 79.4 Å². The van der Waals surface area contributed by atoms with Gasteiger partial charge < -0.3 is 0 Å². The van der Waals surface area contributed by atoms with Gasteiger partial charge in [0.15, 0.2) is 4.77 Å². The highest BCUT2D eigenvalue weighted by molar-refractivity contribution is 7.71. The van der Waals surface area contributed by atoms with Crippen LogP contribution in [0.4, 0.5) is 0 Å². The highest BCUT2D eigenvalue weighted by Gasteiger charge is 2.00. The number of aromatic amines is 2. The van der Waals surface area contributed by atoms with E-state index in [1.807, 2.05) is 6.92 Å². The summed E-state index contributed by atoms with van der Waals surface area (Å²) in [5, 5.41) is 4.62. The summed E-state index contributed by atoms with van der Waals surface area (Å²) in [4.78, 5) is 22.1. The van der Waals surface area contributed by atoms with Crippen LogP contribution in [0.25, 0.3) is 0 Å². The number of aromatic nitrogens is 3. The Bertz CT molecular complexity index is 442. The Kier molecular flexibility index (Phi) is 3.18. The van der Waals surface area contributed by atoms with Crippen molar-refractivity contribution in [3.05, 3.63) is 25.5 Å². The molecule has 0 bridgehead atoms. The van der Waals surface area contributed by atoms with Crippen molar-refractivity contribution in [2.75, 3.05) is 0 Å². The van der Waals surface area contributed by atoms with Crippen molar-refractivity contribution in [3.8, 4) is 0 Å². The fourth-order valence-electron chi connectivity index (χ4n) is 0.965. The monoisotopic (exact) mass is 201 g/mol. The Hall–Kier alpha value is -1.17. The fourth-order valence-corrected chi connectivity index (χ4v) is 1.19. The normalized spacial score (nSPS) is 10.2. The number of hydrogen-bond acceptors (Lipinski definition) is 3. The van der Waals surface area contributed by atoms with E-state index in [9.17, 15) is 9.59 Å². The van der Waals surface area contributed by atoms with Gasteiger partial charge in [0.1, 0.15) is 0 Å². The lowest BCUT2D eigenvalue weighted by Gasteiger charge is -2.01. The van der Waals surface area contributed by atoms with E-state index in [4.69, 9.17) is 12.2 Å². The van der Waals surface area contributed by atoms with Crippen molar-refractivity contribution in [3.63, 3.8) is 0 Å². The molecule has 1 aromatic heterocycles. The molecule has 6 heteroatoms. The third-order valence-electron chi connectivity index (χ3n) is 1.70. The largest absolute Gasteiger partial charge is 0.328 e. The average molecular weight is 201 g/mol. The van der Waals surface area contributed by atoms with Crippen molar-refractivity contribution in [1.29, 1.82) is 0 Å². The summed E-state index contributed by atoms with van der Waals surface area (Å²) < 4.78 is 1.54. The first-order valence-electron chi connectivity index (χ1n) is 4.08. The predicted octanol–water partition coefficient (Wildman–Crippen LogP) is 0.394. The molecule has 0 spiro atoms. The van der Waals surface area contributed by atoms with E-state index in [2.05, 4.69) is 10.2 Å². The lowest BCUT2D eigenvalue weighted by molar-refractivity contribution is 0.577. The first-order valence-corrected chi connectivity index (χ1v) is 4.49. The second-order valence-corrected chi connectivity index (χ2v) is 3.08. The van der Waals surface area contributed by atoms with Gasteiger partial charge in [-0.25, -0.2) is 0 Å². The predicted molar refractivity (Wildman–Crippen MR) is 51.4 cm³/mol. The topological polar surface area (TPSA) is 70.7 Å². The van der Waals surface area contributed by atoms with Gasteiger partial charge in [-0.2, -0.15) is 0 Å². The minimum Gasteiger partial charge on any atom is -0.280 e. The maximum atomic E-state index is 11.2. The summed E-state index contributed by atoms with van der Waals surface area (Å²) in [5.74, 6) is 0. The van der Waals surface area contributed by atoms with E-state index >= 15 is 0 Å². The second-order valence-electron chi connectivity index (χ2n) is 2.69. The molecule has 1 heterocycles. The Balaban J connectivity index is 3.19. The number of rotatable bonds is 3. The molecule has 0 aliphatic heterocycles. The molecule has 2 N–H and O–H groups in total. The molecule has 0 radical (unpaired) electrons. The third kappa shape index (κ3) is 2.15. The molecular formula is C7H11N3O2S. The highest BCUT2D eigenvalue weighted by Crippen LogP contribution is 1.89. The van der Waals surface area contributed by atoms with Gasteiger partial charge >= 0.3 is 11.1 Å². The average Bonchev–Trinajstić information content (AvgIpc) is 2.12. The van der Waals surface area contributed by atoms with Crippen LogP contribution in [0, 0.1) is 4.77 Å². The van der Waals surface area contributed by atoms with Crippen molar-refractivity contribution in [2.45, 2.75) is 26.3 Å². The van der Waals surface area contributed by atoms with E-state index < -0.39 is 11.1 Å². The Morgan fingerprint density at radius 2 is 2.08 bits per heavy atom. The van der Waals surface area contributed by atoms with Gasteiger partial charge in [-0.3, -0.25) is 24.4 Å². The third-order valence-corrected chi connectivity index (χ3v) is 2.03. The van der Waals surface area contributed by atoms with E-state index in [-0.39, 0.29) is 4.77 Å². The molecule has 0 amide bonds. The van der Waals surface area contributed by atoms with Crippen LogP contribution < -0.4 is 11.1 Å². The zero-order valence-electron chi connectivity index (χ0n) is 7.29. The quantitative estimate of drug-likeness (QED) is 0.549. The zero-order chi connectivity index (χ0) is 9.84. The molecule has 1 aromatic rings. The van der Waals surface area contributed by atoms with Crippen LogP contribution >= 0.6 is 12.2 Å². The van der Waals surface area contributed by atoms with E-state index in [1.165, 1.54) is 4.57 Å². The van der Waals surface area contributed by atoms with Gasteiger partial charge in [0.25, 0.3) is 0 Å². The van der Waals surface area contributed by atoms with Crippen LogP contribution in [0.2, 0.25) is 0 Å². The fraction of sp³-hybridized carbons (Fsp3) is 0.571. The van der Waals surface area contributed by atoms with Gasteiger partial charge in [-0.15, -0.1) is 0 Å². The molecule has 5 nitrogen and oxygen atoms in total. The number of H-pyrrole nitrogens is 2. The number of unbranched alkanes of at least 4 members (excludes halogenated alkanes) is 1. The first kappa shape index (κ1) is 9.91. The summed E-state index contributed by atoms with van der Waals surface area (Å²) in [6.07, 6.45) is 1.79. The summed E-state index contributed by atoms with van der Waals surface area (Å²) in [6.45, 7) is 2.50. The minimum atomic E-state index is -0.662. The molecule has 0 unspecified atom stereocenters. The molecule has 72 valence electrons. The van der Waals surface area contributed by atoms with Crippen LogP contribution in [-0.4, -0.2) is 14.8 Å². The SMILES string of the molecule is CCCCn1c(=S)[nH][nH]c(=O)c1=O. The van der Waals surface area contributed by atoms with Gasteiger partial charge in [0.05, 0.1) is 0 Å². The van der Waals surface area contributed by atoms with Crippen LogP contribution in [-0.2, 0) is 6.54 Å². The number of nitrogens with one attached hydrogen (secondary N) is 2. The maximum Gasteiger partial charge on any atom is 0.328 e. The summed E-state index contributed by atoms with van der Waals surface area (Å²) >= 11 is 4.85. The molecule has 0 fully saturated rings. The molecule has 0 aromatic carbocycles. The van der Waals surface area contributed by atoms with Gasteiger partial charge in [-0.05, 0) is 18.6 Å². The highest BCUT2D eigenvalue weighted by atomic mass is 32.1. The van der Waals surface area contributed by atoms with Crippen LogP contribution in [0.5, 0.6) is 0 Å². The molecule has 0 aliphatic rings. The van der Waals surface area contributed by atoms with E-state index in [0.717, 1.165) is 12.8 Å². The van der Waals surface area contributed by atoms with Crippen molar-refractivity contribution >= 4 is 12.2 Å². The van der Waals surface area contributed by atoms with Crippen molar-refractivity contribution < 1.29 is 0 Å². The Morgan fingerprint density at radius 1 is 1.38 bits per heavy atom. The minimum absolute atomic E-state index is 0.262. The van der Waals surface area contributed by atoms with Crippen LogP contribution in [0.3, 0.4) is 0 Å². The second kappa shape index (κ2) is 4.18. The number of nitrogens with zero attached hydrogens (tertiary/aromatic N) is 1. The molecule has 1 rings (SSSR count). The van der Waals surface area contributed by atoms with Crippen LogP contribution in [0.1, 0.15) is 19.8 Å². The van der Waals surface area contributed by atoms with Crippen LogP contribution in [0.15, 0.2) is 9.59 Å². The lowest BCUT2D eigenvalue weighted by Crippen LogP contribution is -2.37. The molecule has 0 saturated carbocycles. The molecule has 0 saturated heterocycles. The van der Waals surface area contributed by atoms with Crippen molar-refractivity contribution in [2.24, 2.45) is 0 Å². The summed E-state index contributed by atoms with van der Waals surface area (Å²) in [6, 6.07) is 0. The maximum absolute atomic E-state index is 11.2. The lowest BCUT2D eigenvalue weighted by atomic mass is 10.3. The van der Waals surface area contributed by atoms with Gasteiger partial charge in [0.2, 0.25) is 0 Å². The van der Waals surface area contributed by atoms with E-state index in [0.29, 0.717) is 6.54 Å². The van der Waals surface area contributed by atoms with Gasteiger partial charge in [-0.1, -0.05) is 13.3 Å². The molecule has 0 atom stereocenters. The van der Waals surface area contributed by atoms with Gasteiger partial charge in [0, 0.05) is 6.54 Å². The Morgan fingerprint density at radius 3 is 2.69 bits per heavy atom. The summed E-state index contributed by atoms with van der Waals surface area (Å²) in [5.41, 5.74) is -1.25. The molecular weight excluding hydrogens is 190 g/mol. The first-order chi connectivity index (χ1) is 6.16. The smallest absolute Gasteiger partial charge is 0.280 e. The molecule has 13 heavy (non-hydrogen) atoms. The zero-order valence-corrected chi connectivity index (χ0v) is 8.11. The van der Waals surface area contributed by atoms with E-state index in [1.54, 1.807) is 0 Å². The summed E-state index contributed by atoms with van der Waals surface area (Å²) in [7, 11) is 0. The van der Waals surface area contributed by atoms with Crippen molar-refractivity contribution in [1.82, 2.24) is 14.8 Å². The standard InChI is InChI=1S/C7H11N3O2S/c1-2-3-4-10-6(12)5(11)8-9-7(10)13/h2-4H2,1H3,(H,8,11)(H,9,13). The molecule has 0 aliphatic carbocycles. The number of hydrogen-bond donors (Lipinski definition) is 2.